The lowest BCUT2D eigenvalue weighted by Crippen LogP contribution is -2.49. The Labute approximate surface area is 185 Å². The number of aromatic nitrogens is 2. The molecule has 8 heteroatoms. The van der Waals surface area contributed by atoms with E-state index in [1.807, 2.05) is 69.5 Å². The van der Waals surface area contributed by atoms with E-state index in [2.05, 4.69) is 14.9 Å². The Balaban J connectivity index is 1.99. The second-order valence-corrected chi connectivity index (χ2v) is 9.69. The van der Waals surface area contributed by atoms with Gasteiger partial charge in [-0.3, -0.25) is 9.59 Å². The predicted molar refractivity (Wildman–Crippen MR) is 121 cm³/mol. The first-order valence-electron chi connectivity index (χ1n) is 9.74. The summed E-state index contributed by atoms with van der Waals surface area (Å²) in [5, 5.41) is 10.6. The van der Waals surface area contributed by atoms with Crippen molar-refractivity contribution in [3.8, 4) is 0 Å². The van der Waals surface area contributed by atoms with Crippen molar-refractivity contribution in [2.24, 2.45) is 0 Å². The Morgan fingerprint density at radius 2 is 1.90 bits per heavy atom. The van der Waals surface area contributed by atoms with Crippen LogP contribution in [-0.2, 0) is 11.2 Å². The molecule has 158 valence electrons. The van der Waals surface area contributed by atoms with Crippen LogP contribution in [0.4, 0.5) is 0 Å². The third-order valence-electron chi connectivity index (χ3n) is 4.53. The van der Waals surface area contributed by atoms with E-state index in [0.29, 0.717) is 13.0 Å². The molecule has 2 amide bonds. The molecule has 0 radical (unpaired) electrons. The number of amides is 2. The van der Waals surface area contributed by atoms with Crippen LogP contribution >= 0.6 is 22.9 Å². The number of thiophene rings is 1. The quantitative estimate of drug-likeness (QED) is 0.594. The number of nitrogens with one attached hydrogen (secondary N) is 1. The average molecular weight is 443 g/mol. The second-order valence-electron chi connectivity index (χ2n) is 8.13. The first-order valence-corrected chi connectivity index (χ1v) is 11.5. The largest absolute Gasteiger partial charge is 0.349 e. The smallest absolute Gasteiger partial charge is 0.276 e. The molecule has 2 aromatic heterocycles. The van der Waals surface area contributed by atoms with Gasteiger partial charge in [0.2, 0.25) is 5.91 Å². The predicted octanol–water partition coefficient (Wildman–Crippen LogP) is 4.25. The van der Waals surface area contributed by atoms with E-state index < -0.39 is 11.6 Å². The number of hydrogen-bond acceptors (Lipinski definition) is 6. The molecule has 3 rings (SSSR count). The van der Waals surface area contributed by atoms with Crippen LogP contribution in [0.2, 0.25) is 0 Å². The fraction of sp³-hybridized carbons (Fsp3) is 0.364. The van der Waals surface area contributed by atoms with Crippen molar-refractivity contribution in [2.75, 3.05) is 6.54 Å². The zero-order chi connectivity index (χ0) is 21.7. The van der Waals surface area contributed by atoms with Gasteiger partial charge in [-0.15, -0.1) is 16.4 Å². The van der Waals surface area contributed by atoms with Crippen LogP contribution in [-0.4, -0.2) is 38.4 Å². The molecule has 2 heterocycles. The standard InChI is InChI=1S/C22H26N4O2S2/c1-15-11-13-29-19(15)18(20(27)23-22(2,3)4)26(21(28)17-14-30-25-24-17)12-10-16-8-6-5-7-9-16/h5-9,11,13-14,18H,10,12H2,1-4H3,(H,23,27)/t18-/m0/s1. The van der Waals surface area contributed by atoms with E-state index in [-0.39, 0.29) is 17.5 Å². The van der Waals surface area contributed by atoms with Crippen LogP contribution in [0.5, 0.6) is 0 Å². The summed E-state index contributed by atoms with van der Waals surface area (Å²) in [5.74, 6) is -0.487. The van der Waals surface area contributed by atoms with Gasteiger partial charge in [0, 0.05) is 22.3 Å². The minimum absolute atomic E-state index is 0.197. The maximum atomic E-state index is 13.4. The van der Waals surface area contributed by atoms with Crippen LogP contribution in [0.15, 0.2) is 47.2 Å². The fourth-order valence-corrected chi connectivity index (χ4v) is 4.62. The number of nitrogens with zero attached hydrogens (tertiary/aromatic N) is 3. The van der Waals surface area contributed by atoms with E-state index in [9.17, 15) is 9.59 Å². The molecule has 0 fully saturated rings. The molecule has 0 unspecified atom stereocenters. The SMILES string of the molecule is Cc1ccsc1[C@@H](C(=O)NC(C)(C)C)N(CCc1ccccc1)C(=O)c1csnn1. The van der Waals surface area contributed by atoms with Crippen molar-refractivity contribution in [3.63, 3.8) is 0 Å². The molecule has 0 aliphatic heterocycles. The monoisotopic (exact) mass is 442 g/mol. The van der Waals surface area contributed by atoms with Crippen molar-refractivity contribution >= 4 is 34.7 Å². The topological polar surface area (TPSA) is 75.2 Å². The van der Waals surface area contributed by atoms with Crippen molar-refractivity contribution in [1.82, 2.24) is 19.8 Å². The molecular weight excluding hydrogens is 416 g/mol. The highest BCUT2D eigenvalue weighted by atomic mass is 32.1. The van der Waals surface area contributed by atoms with E-state index >= 15 is 0 Å². The number of rotatable bonds is 7. The van der Waals surface area contributed by atoms with E-state index in [0.717, 1.165) is 27.5 Å². The Bertz CT molecular complexity index is 978. The van der Waals surface area contributed by atoms with E-state index in [1.165, 1.54) is 11.3 Å². The summed E-state index contributed by atoms with van der Waals surface area (Å²) >= 11 is 2.61. The molecule has 3 aromatic rings. The number of carbonyl (C=O) groups excluding carboxylic acids is 2. The summed E-state index contributed by atoms with van der Waals surface area (Å²) in [7, 11) is 0. The molecule has 0 spiro atoms. The zero-order valence-corrected chi connectivity index (χ0v) is 19.2. The van der Waals surface area contributed by atoms with Crippen LogP contribution in [0.1, 0.15) is 53.3 Å². The highest BCUT2D eigenvalue weighted by Crippen LogP contribution is 2.31. The molecule has 1 N–H and O–H groups in total. The summed E-state index contributed by atoms with van der Waals surface area (Å²) in [6, 6.07) is 11.2. The van der Waals surface area contributed by atoms with Crippen molar-refractivity contribution in [2.45, 2.75) is 45.7 Å². The lowest BCUT2D eigenvalue weighted by Gasteiger charge is -2.33. The normalized spacial score (nSPS) is 12.4. The van der Waals surface area contributed by atoms with Gasteiger partial charge >= 0.3 is 0 Å². The lowest BCUT2D eigenvalue weighted by atomic mass is 10.0. The summed E-state index contributed by atoms with van der Waals surface area (Å²) < 4.78 is 3.83. The first kappa shape index (κ1) is 22.1. The van der Waals surface area contributed by atoms with Gasteiger partial charge < -0.3 is 10.2 Å². The molecule has 0 bridgehead atoms. The molecule has 1 aromatic carbocycles. The van der Waals surface area contributed by atoms with Gasteiger partial charge in [-0.1, -0.05) is 34.8 Å². The average Bonchev–Trinajstić information content (AvgIpc) is 3.36. The summed E-state index contributed by atoms with van der Waals surface area (Å²) in [4.78, 5) is 29.3. The van der Waals surface area contributed by atoms with Gasteiger partial charge in [-0.2, -0.15) is 0 Å². The summed E-state index contributed by atoms with van der Waals surface area (Å²) in [6.45, 7) is 8.16. The van der Waals surface area contributed by atoms with Gasteiger partial charge in [0.1, 0.15) is 6.04 Å². The molecule has 30 heavy (non-hydrogen) atoms. The van der Waals surface area contributed by atoms with Crippen molar-refractivity contribution in [1.29, 1.82) is 0 Å². The lowest BCUT2D eigenvalue weighted by molar-refractivity contribution is -0.127. The van der Waals surface area contributed by atoms with E-state index in [4.69, 9.17) is 0 Å². The highest BCUT2D eigenvalue weighted by molar-refractivity contribution is 7.10. The van der Waals surface area contributed by atoms with Crippen LogP contribution < -0.4 is 5.32 Å². The molecule has 0 saturated heterocycles. The molecular formula is C22H26N4O2S2. The van der Waals surface area contributed by atoms with E-state index in [1.54, 1.807) is 10.3 Å². The molecule has 0 aliphatic carbocycles. The number of aryl methyl sites for hydroxylation is 1. The third kappa shape index (κ3) is 5.52. The maximum Gasteiger partial charge on any atom is 0.276 e. The minimum Gasteiger partial charge on any atom is -0.349 e. The maximum absolute atomic E-state index is 13.4. The molecule has 0 saturated carbocycles. The van der Waals surface area contributed by atoms with Crippen LogP contribution in [0.3, 0.4) is 0 Å². The Morgan fingerprint density at radius 3 is 2.47 bits per heavy atom. The summed E-state index contributed by atoms with van der Waals surface area (Å²) in [5.41, 5.74) is 1.93. The Morgan fingerprint density at radius 1 is 1.17 bits per heavy atom. The molecule has 6 nitrogen and oxygen atoms in total. The van der Waals surface area contributed by atoms with Gasteiger partial charge in [0.25, 0.3) is 5.91 Å². The number of carbonyl (C=O) groups is 2. The number of hydrogen-bond donors (Lipinski definition) is 1. The first-order chi connectivity index (χ1) is 14.3. The van der Waals surface area contributed by atoms with Gasteiger partial charge in [-0.25, -0.2) is 0 Å². The summed E-state index contributed by atoms with van der Waals surface area (Å²) in [6.07, 6.45) is 0.633. The van der Waals surface area contributed by atoms with Crippen LogP contribution in [0, 0.1) is 6.92 Å². The molecule has 1 atom stereocenters. The Kier molecular flexibility index (Phi) is 6.99. The second kappa shape index (κ2) is 9.49. The Hall–Kier alpha value is -2.58. The van der Waals surface area contributed by atoms with Gasteiger partial charge in [-0.05, 0) is 68.2 Å². The van der Waals surface area contributed by atoms with Gasteiger partial charge in [0.15, 0.2) is 5.69 Å². The zero-order valence-electron chi connectivity index (χ0n) is 17.6. The number of benzene rings is 1. The third-order valence-corrected chi connectivity index (χ3v) is 6.11. The molecule has 0 aliphatic rings. The minimum atomic E-state index is -0.734. The van der Waals surface area contributed by atoms with Gasteiger partial charge in [0.05, 0.1) is 0 Å². The van der Waals surface area contributed by atoms with Crippen molar-refractivity contribution in [3.05, 3.63) is 68.9 Å². The highest BCUT2D eigenvalue weighted by Gasteiger charge is 2.36. The van der Waals surface area contributed by atoms with Crippen molar-refractivity contribution < 1.29 is 9.59 Å². The fourth-order valence-electron chi connectivity index (χ4n) is 3.15. The van der Waals surface area contributed by atoms with Crippen LogP contribution in [0.25, 0.3) is 0 Å².